The molecule has 2 rings (SSSR count). The molecule has 20 heavy (non-hydrogen) atoms. The van der Waals surface area contributed by atoms with E-state index in [-0.39, 0.29) is 5.69 Å². The van der Waals surface area contributed by atoms with Crippen molar-refractivity contribution in [2.75, 3.05) is 5.32 Å². The summed E-state index contributed by atoms with van der Waals surface area (Å²) < 4.78 is 0. The van der Waals surface area contributed by atoms with E-state index >= 15 is 0 Å². The quantitative estimate of drug-likeness (QED) is 0.667. The van der Waals surface area contributed by atoms with Gasteiger partial charge >= 0.3 is 5.69 Å². The highest BCUT2D eigenvalue weighted by atomic mass is 16.6. The van der Waals surface area contributed by atoms with Gasteiger partial charge in [-0.1, -0.05) is 31.2 Å². The Morgan fingerprint density at radius 2 is 1.90 bits per heavy atom. The first-order valence-corrected chi connectivity index (χ1v) is 6.53. The highest BCUT2D eigenvalue weighted by Gasteiger charge is 2.14. The van der Waals surface area contributed by atoms with Gasteiger partial charge in [0.15, 0.2) is 0 Å². The maximum atomic E-state index is 11.0. The van der Waals surface area contributed by atoms with Crippen LogP contribution in [0, 0.1) is 17.0 Å². The predicted molar refractivity (Wildman–Crippen MR) is 78.8 cm³/mol. The van der Waals surface area contributed by atoms with Crippen molar-refractivity contribution in [3.05, 3.63) is 63.3 Å². The monoisotopic (exact) mass is 271 g/mol. The Hall–Kier alpha value is -2.43. The molecule has 0 aliphatic heterocycles. The molecule has 1 N–H and O–H groups in total. The lowest BCUT2D eigenvalue weighted by molar-refractivity contribution is -0.384. The third-order valence-corrected chi connectivity index (χ3v) is 3.09. The number of anilines is 1. The number of nitro groups is 1. The Morgan fingerprint density at radius 3 is 2.50 bits per heavy atom. The van der Waals surface area contributed by atoms with Crippen molar-refractivity contribution < 1.29 is 4.92 Å². The van der Waals surface area contributed by atoms with Gasteiger partial charge in [-0.05, 0) is 30.0 Å². The standard InChI is InChI=1S/C15H17N3O2/c1-3-12-4-6-13(7-5-12)10-17-15-14(18(19)20)8-11(2)9-16-15/h4-9H,3,10H2,1-2H3,(H,16,17). The van der Waals surface area contributed by atoms with Crippen LogP contribution in [-0.2, 0) is 13.0 Å². The Bertz CT molecular complexity index is 609. The number of rotatable bonds is 5. The van der Waals surface area contributed by atoms with Gasteiger partial charge in [-0.25, -0.2) is 4.98 Å². The average Bonchev–Trinajstić information content (AvgIpc) is 2.46. The lowest BCUT2D eigenvalue weighted by Crippen LogP contribution is -2.05. The van der Waals surface area contributed by atoms with E-state index in [0.717, 1.165) is 17.5 Å². The van der Waals surface area contributed by atoms with Crippen LogP contribution in [0.2, 0.25) is 0 Å². The molecule has 2 aromatic rings. The van der Waals surface area contributed by atoms with E-state index in [9.17, 15) is 10.1 Å². The molecule has 0 atom stereocenters. The third-order valence-electron chi connectivity index (χ3n) is 3.09. The van der Waals surface area contributed by atoms with Gasteiger partial charge in [0, 0.05) is 18.8 Å². The second-order valence-electron chi connectivity index (χ2n) is 4.66. The first-order valence-electron chi connectivity index (χ1n) is 6.53. The molecule has 0 bridgehead atoms. The van der Waals surface area contributed by atoms with Gasteiger partial charge in [-0.3, -0.25) is 10.1 Å². The largest absolute Gasteiger partial charge is 0.360 e. The first-order chi connectivity index (χ1) is 9.60. The molecule has 1 aromatic carbocycles. The van der Waals surface area contributed by atoms with Crippen molar-refractivity contribution in [3.63, 3.8) is 0 Å². The molecule has 0 spiro atoms. The maximum Gasteiger partial charge on any atom is 0.311 e. The normalized spacial score (nSPS) is 10.3. The van der Waals surface area contributed by atoms with Crippen LogP contribution < -0.4 is 5.32 Å². The van der Waals surface area contributed by atoms with Crippen LogP contribution in [0.5, 0.6) is 0 Å². The van der Waals surface area contributed by atoms with Gasteiger partial charge in [0.05, 0.1) is 4.92 Å². The van der Waals surface area contributed by atoms with E-state index in [1.54, 1.807) is 13.1 Å². The number of aryl methyl sites for hydroxylation is 2. The van der Waals surface area contributed by atoms with Crippen LogP contribution in [0.4, 0.5) is 11.5 Å². The van der Waals surface area contributed by atoms with Crippen molar-refractivity contribution in [3.8, 4) is 0 Å². The molecule has 0 saturated heterocycles. The second-order valence-corrected chi connectivity index (χ2v) is 4.66. The van der Waals surface area contributed by atoms with Crippen molar-refractivity contribution in [2.24, 2.45) is 0 Å². The Morgan fingerprint density at radius 1 is 1.25 bits per heavy atom. The molecule has 5 nitrogen and oxygen atoms in total. The van der Waals surface area contributed by atoms with Crippen LogP contribution in [0.15, 0.2) is 36.5 Å². The van der Waals surface area contributed by atoms with Gasteiger partial charge in [0.25, 0.3) is 0 Å². The van der Waals surface area contributed by atoms with E-state index in [1.165, 1.54) is 11.6 Å². The molecule has 0 unspecified atom stereocenters. The van der Waals surface area contributed by atoms with Crippen molar-refractivity contribution in [2.45, 2.75) is 26.8 Å². The summed E-state index contributed by atoms with van der Waals surface area (Å²) >= 11 is 0. The van der Waals surface area contributed by atoms with Gasteiger partial charge < -0.3 is 5.32 Å². The molecule has 0 saturated carbocycles. The lowest BCUT2D eigenvalue weighted by atomic mass is 10.1. The number of nitrogens with zero attached hydrogens (tertiary/aromatic N) is 2. The SMILES string of the molecule is CCc1ccc(CNc2ncc(C)cc2[N+](=O)[O-])cc1. The Labute approximate surface area is 117 Å². The molecule has 0 fully saturated rings. The van der Waals surface area contributed by atoms with Crippen molar-refractivity contribution >= 4 is 11.5 Å². The molecular formula is C15H17N3O2. The van der Waals surface area contributed by atoms with Gasteiger partial charge in [0.1, 0.15) is 0 Å². The maximum absolute atomic E-state index is 11.0. The van der Waals surface area contributed by atoms with Gasteiger partial charge in [0.2, 0.25) is 5.82 Å². The number of pyridine rings is 1. The third kappa shape index (κ3) is 3.32. The fourth-order valence-electron chi connectivity index (χ4n) is 1.91. The van der Waals surface area contributed by atoms with Crippen molar-refractivity contribution in [1.82, 2.24) is 4.98 Å². The molecule has 0 aliphatic rings. The van der Waals surface area contributed by atoms with Crippen LogP contribution in [0.25, 0.3) is 0 Å². The number of hydrogen-bond donors (Lipinski definition) is 1. The smallest absolute Gasteiger partial charge is 0.311 e. The zero-order chi connectivity index (χ0) is 14.5. The highest BCUT2D eigenvalue weighted by Crippen LogP contribution is 2.23. The summed E-state index contributed by atoms with van der Waals surface area (Å²) in [5, 5.41) is 14.0. The van der Waals surface area contributed by atoms with Crippen molar-refractivity contribution in [1.29, 1.82) is 0 Å². The summed E-state index contributed by atoms with van der Waals surface area (Å²) in [4.78, 5) is 14.7. The lowest BCUT2D eigenvalue weighted by Gasteiger charge is -2.07. The first kappa shape index (κ1) is 14.0. The molecule has 0 amide bonds. The van der Waals surface area contributed by atoms with Gasteiger partial charge in [-0.15, -0.1) is 0 Å². The molecule has 104 valence electrons. The molecule has 0 aliphatic carbocycles. The van der Waals surface area contributed by atoms with E-state index < -0.39 is 4.92 Å². The number of aromatic nitrogens is 1. The molecule has 5 heteroatoms. The fraction of sp³-hybridized carbons (Fsp3) is 0.267. The van der Waals surface area contributed by atoms with E-state index in [2.05, 4.69) is 29.4 Å². The van der Waals surface area contributed by atoms with Crippen LogP contribution >= 0.6 is 0 Å². The summed E-state index contributed by atoms with van der Waals surface area (Å²) in [6.07, 6.45) is 2.62. The number of nitrogens with one attached hydrogen (secondary N) is 1. The second kappa shape index (κ2) is 6.14. The summed E-state index contributed by atoms with van der Waals surface area (Å²) in [5.41, 5.74) is 3.12. The number of hydrogen-bond acceptors (Lipinski definition) is 4. The Balaban J connectivity index is 2.12. The summed E-state index contributed by atoms with van der Waals surface area (Å²) in [6, 6.07) is 9.69. The minimum atomic E-state index is -0.414. The highest BCUT2D eigenvalue weighted by molar-refractivity contribution is 5.56. The predicted octanol–water partition coefficient (Wildman–Crippen LogP) is 3.47. The zero-order valence-corrected chi connectivity index (χ0v) is 11.6. The van der Waals surface area contributed by atoms with E-state index in [4.69, 9.17) is 0 Å². The Kier molecular flexibility index (Phi) is 4.30. The topological polar surface area (TPSA) is 68.1 Å². The van der Waals surface area contributed by atoms with Crippen LogP contribution in [0.3, 0.4) is 0 Å². The molecule has 0 radical (unpaired) electrons. The average molecular weight is 271 g/mol. The van der Waals surface area contributed by atoms with Crippen LogP contribution in [0.1, 0.15) is 23.6 Å². The van der Waals surface area contributed by atoms with Crippen LogP contribution in [-0.4, -0.2) is 9.91 Å². The van der Waals surface area contributed by atoms with Gasteiger partial charge in [-0.2, -0.15) is 0 Å². The summed E-state index contributed by atoms with van der Waals surface area (Å²) in [7, 11) is 0. The minimum absolute atomic E-state index is 0.00942. The molecule has 1 aromatic heterocycles. The van der Waals surface area contributed by atoms with E-state index in [0.29, 0.717) is 12.4 Å². The zero-order valence-electron chi connectivity index (χ0n) is 11.6. The summed E-state index contributed by atoms with van der Waals surface area (Å²) in [6.45, 7) is 4.40. The van der Waals surface area contributed by atoms with E-state index in [1.807, 2.05) is 12.1 Å². The summed E-state index contributed by atoms with van der Waals surface area (Å²) in [5.74, 6) is 0.306. The number of benzene rings is 1. The molecular weight excluding hydrogens is 254 g/mol. The fourth-order valence-corrected chi connectivity index (χ4v) is 1.91. The molecule has 1 heterocycles. The minimum Gasteiger partial charge on any atom is -0.360 e.